The summed E-state index contributed by atoms with van der Waals surface area (Å²) < 4.78 is 5.29. The summed E-state index contributed by atoms with van der Waals surface area (Å²) in [4.78, 5) is 10.1. The van der Waals surface area contributed by atoms with Crippen molar-refractivity contribution in [3.63, 3.8) is 0 Å². The van der Waals surface area contributed by atoms with Crippen molar-refractivity contribution >= 4 is 35.1 Å². The van der Waals surface area contributed by atoms with Crippen LogP contribution in [0.15, 0.2) is 27.4 Å². The first-order chi connectivity index (χ1) is 9.76. The monoisotopic (exact) mass is 342 g/mol. The number of hydrogen-bond donors (Lipinski definition) is 1. The van der Waals surface area contributed by atoms with Gasteiger partial charge in [-0.2, -0.15) is 4.98 Å². The van der Waals surface area contributed by atoms with Crippen LogP contribution in [0.5, 0.6) is 0 Å². The number of nitrogens with zero attached hydrogens (tertiary/aromatic N) is 3. The van der Waals surface area contributed by atoms with Crippen LogP contribution in [0.4, 0.5) is 0 Å². The summed E-state index contributed by atoms with van der Waals surface area (Å²) >= 11 is 3.26. The molecule has 21 heavy (non-hydrogen) atoms. The zero-order chi connectivity index (χ0) is 13.9. The second-order valence-corrected chi connectivity index (χ2v) is 6.23. The fourth-order valence-electron chi connectivity index (χ4n) is 1.70. The number of aromatic nitrogens is 3. The Balaban J connectivity index is 0.00000161. The highest BCUT2D eigenvalue weighted by Gasteiger charge is 2.14. The molecule has 1 N–H and O–H groups in total. The molecule has 1 atom stereocenters. The fourth-order valence-corrected chi connectivity index (χ4v) is 3.31. The van der Waals surface area contributed by atoms with E-state index >= 15 is 0 Å². The van der Waals surface area contributed by atoms with Gasteiger partial charge in [0.1, 0.15) is 10.7 Å². The molecule has 0 bridgehead atoms. The van der Waals surface area contributed by atoms with Crippen LogP contribution in [-0.2, 0) is 6.42 Å². The van der Waals surface area contributed by atoms with Crippen LogP contribution >= 0.6 is 35.1 Å². The maximum absolute atomic E-state index is 5.29. The summed E-state index contributed by atoms with van der Waals surface area (Å²) in [6, 6.07) is 4.39. The predicted octanol–water partition coefficient (Wildman–Crippen LogP) is 3.49. The van der Waals surface area contributed by atoms with E-state index in [4.69, 9.17) is 4.52 Å². The molecule has 0 fully saturated rings. The summed E-state index contributed by atoms with van der Waals surface area (Å²) in [5.41, 5.74) is 0.745. The number of nitrogens with one attached hydrogen (secondary N) is 1. The van der Waals surface area contributed by atoms with Crippen LogP contribution < -0.4 is 5.32 Å². The highest BCUT2D eigenvalue weighted by molar-refractivity contribution is 7.20. The summed E-state index contributed by atoms with van der Waals surface area (Å²) in [5, 5.41) is 12.1. The number of likely N-dealkylation sites (N-methyl/N-ethyl adjacent to an activating group) is 1. The Kier molecular flexibility index (Phi) is 5.46. The maximum Gasteiger partial charge on any atom is 0.277 e. The molecule has 8 heteroatoms. The van der Waals surface area contributed by atoms with Gasteiger partial charge >= 0.3 is 0 Å². The van der Waals surface area contributed by atoms with E-state index in [0.717, 1.165) is 22.0 Å². The van der Waals surface area contributed by atoms with Gasteiger partial charge in [0.05, 0.1) is 4.88 Å². The van der Waals surface area contributed by atoms with Crippen molar-refractivity contribution in [3.05, 3.63) is 28.7 Å². The third-order valence-corrected chi connectivity index (χ3v) is 4.79. The molecular weight excluding hydrogens is 328 g/mol. The molecule has 0 amide bonds. The van der Waals surface area contributed by atoms with E-state index in [1.165, 1.54) is 0 Å². The number of thiophene rings is 1. The van der Waals surface area contributed by atoms with E-state index in [-0.39, 0.29) is 12.4 Å². The van der Waals surface area contributed by atoms with Crippen LogP contribution in [0, 0.1) is 0 Å². The molecule has 0 saturated carbocycles. The van der Waals surface area contributed by atoms with Gasteiger partial charge in [-0.15, -0.1) is 35.1 Å². The minimum Gasteiger partial charge on any atom is -0.332 e. The first-order valence-corrected chi connectivity index (χ1v) is 8.02. The molecule has 1 unspecified atom stereocenters. The van der Waals surface area contributed by atoms with Crippen molar-refractivity contribution in [2.75, 3.05) is 7.05 Å². The number of hydrogen-bond acceptors (Lipinski definition) is 7. The number of thiazole rings is 1. The van der Waals surface area contributed by atoms with Gasteiger partial charge in [-0.05, 0) is 25.4 Å². The number of rotatable bonds is 5. The largest absolute Gasteiger partial charge is 0.332 e. The summed E-state index contributed by atoms with van der Waals surface area (Å²) in [6.07, 6.45) is 0.738. The van der Waals surface area contributed by atoms with Crippen LogP contribution in [0.3, 0.4) is 0 Å². The fraction of sp³-hybridized carbons (Fsp3) is 0.308. The molecule has 0 aliphatic rings. The highest BCUT2D eigenvalue weighted by atomic mass is 35.5. The zero-order valence-electron chi connectivity index (χ0n) is 11.6. The highest BCUT2D eigenvalue weighted by Crippen LogP contribution is 2.30. The zero-order valence-corrected chi connectivity index (χ0v) is 14.0. The van der Waals surface area contributed by atoms with E-state index in [1.54, 1.807) is 22.7 Å². The molecule has 3 aromatic heterocycles. The quantitative estimate of drug-likeness (QED) is 0.768. The van der Waals surface area contributed by atoms with E-state index in [0.29, 0.717) is 17.8 Å². The minimum absolute atomic E-state index is 0. The summed E-state index contributed by atoms with van der Waals surface area (Å²) in [7, 11) is 1.92. The Morgan fingerprint density at radius 3 is 2.90 bits per heavy atom. The van der Waals surface area contributed by atoms with Crippen LogP contribution in [0.25, 0.3) is 21.5 Å². The lowest BCUT2D eigenvalue weighted by atomic mass is 10.2. The van der Waals surface area contributed by atoms with Gasteiger partial charge in [-0.3, -0.25) is 0 Å². The smallest absolute Gasteiger partial charge is 0.277 e. The van der Waals surface area contributed by atoms with Crippen molar-refractivity contribution in [2.24, 2.45) is 0 Å². The second-order valence-electron chi connectivity index (χ2n) is 4.42. The molecule has 0 aliphatic carbocycles. The average Bonchev–Trinajstić information content (AvgIpc) is 3.18. The van der Waals surface area contributed by atoms with Crippen molar-refractivity contribution in [2.45, 2.75) is 19.4 Å². The van der Waals surface area contributed by atoms with E-state index in [1.807, 2.05) is 23.9 Å². The standard InChI is InChI=1S/C13H14N4OS2.ClH/c1-8(14-2)6-11-16-12(18-17-11)9-7-20-13(15-9)10-4-3-5-19-10;/h3-5,7-8,14H,6H2,1-2H3;1H. The van der Waals surface area contributed by atoms with Gasteiger partial charge in [0.2, 0.25) is 0 Å². The molecule has 5 nitrogen and oxygen atoms in total. The molecule has 0 spiro atoms. The van der Waals surface area contributed by atoms with E-state index in [2.05, 4.69) is 33.4 Å². The van der Waals surface area contributed by atoms with E-state index < -0.39 is 0 Å². The molecule has 0 radical (unpaired) electrons. The van der Waals surface area contributed by atoms with Gasteiger partial charge in [0.15, 0.2) is 5.82 Å². The lowest BCUT2D eigenvalue weighted by Gasteiger charge is -2.04. The van der Waals surface area contributed by atoms with Gasteiger partial charge in [0, 0.05) is 17.8 Å². The van der Waals surface area contributed by atoms with Crippen molar-refractivity contribution < 1.29 is 4.52 Å². The van der Waals surface area contributed by atoms with Crippen molar-refractivity contribution in [3.8, 4) is 21.5 Å². The summed E-state index contributed by atoms with van der Waals surface area (Å²) in [6.45, 7) is 2.08. The topological polar surface area (TPSA) is 63.8 Å². The van der Waals surface area contributed by atoms with Crippen LogP contribution in [0.1, 0.15) is 12.7 Å². The molecule has 0 aromatic carbocycles. The van der Waals surface area contributed by atoms with Gasteiger partial charge < -0.3 is 9.84 Å². The van der Waals surface area contributed by atoms with Gasteiger partial charge in [0.25, 0.3) is 5.89 Å². The molecular formula is C13H15ClN4OS2. The Morgan fingerprint density at radius 2 is 2.19 bits per heavy atom. The third kappa shape index (κ3) is 3.68. The molecule has 3 heterocycles. The molecule has 0 aliphatic heterocycles. The molecule has 112 valence electrons. The Morgan fingerprint density at radius 1 is 1.33 bits per heavy atom. The first kappa shape index (κ1) is 16.1. The Hall–Kier alpha value is -1.28. The maximum atomic E-state index is 5.29. The van der Waals surface area contributed by atoms with Crippen molar-refractivity contribution in [1.29, 1.82) is 0 Å². The predicted molar refractivity (Wildman–Crippen MR) is 88.2 cm³/mol. The van der Waals surface area contributed by atoms with Crippen molar-refractivity contribution in [1.82, 2.24) is 20.4 Å². The normalized spacial score (nSPS) is 12.1. The number of halogens is 1. The SMILES string of the molecule is CNC(C)Cc1noc(-c2csc(-c3cccs3)n2)n1.Cl. The van der Waals surface area contributed by atoms with Gasteiger partial charge in [-0.25, -0.2) is 4.98 Å². The molecule has 3 aromatic rings. The Labute approximate surface area is 136 Å². The van der Waals surface area contributed by atoms with Gasteiger partial charge in [-0.1, -0.05) is 11.2 Å². The van der Waals surface area contributed by atoms with Crippen LogP contribution in [-0.4, -0.2) is 28.2 Å². The summed E-state index contributed by atoms with van der Waals surface area (Å²) in [5.74, 6) is 1.19. The van der Waals surface area contributed by atoms with Crippen LogP contribution in [0.2, 0.25) is 0 Å². The third-order valence-electron chi connectivity index (χ3n) is 2.90. The average molecular weight is 343 g/mol. The first-order valence-electron chi connectivity index (χ1n) is 6.26. The van der Waals surface area contributed by atoms with E-state index in [9.17, 15) is 0 Å². The lowest BCUT2D eigenvalue weighted by Crippen LogP contribution is -2.24. The molecule has 0 saturated heterocycles. The lowest BCUT2D eigenvalue weighted by molar-refractivity contribution is 0.417. The Bertz CT molecular complexity index is 680. The molecule has 3 rings (SSSR count). The minimum atomic E-state index is 0. The second kappa shape index (κ2) is 7.13.